The van der Waals surface area contributed by atoms with Crippen molar-refractivity contribution in [2.75, 3.05) is 43.8 Å². The molecule has 0 aromatic heterocycles. The van der Waals surface area contributed by atoms with Crippen LogP contribution in [0.25, 0.3) is 0 Å². The number of nitrogens with zero attached hydrogens (tertiary/aromatic N) is 2. The Morgan fingerprint density at radius 1 is 0.969 bits per heavy atom. The van der Waals surface area contributed by atoms with E-state index in [0.717, 1.165) is 5.56 Å². The number of methoxy groups -OCH3 is 2. The first-order valence-electron chi connectivity index (χ1n) is 10.6. The van der Waals surface area contributed by atoms with Gasteiger partial charge in [0.25, 0.3) is 0 Å². The molecule has 0 spiro atoms. The third-order valence-corrected chi connectivity index (χ3v) is 7.66. The second-order valence-electron chi connectivity index (χ2n) is 8.00. The Bertz CT molecular complexity index is 1090. The van der Waals surface area contributed by atoms with Crippen molar-refractivity contribution in [3.63, 3.8) is 0 Å². The van der Waals surface area contributed by atoms with E-state index in [1.54, 1.807) is 31.3 Å². The number of carbonyl (C=O) groups excluding carboxylic acids is 1. The highest BCUT2D eigenvalue weighted by Crippen LogP contribution is 2.34. The molecule has 8 nitrogen and oxygen atoms in total. The molecule has 2 aromatic carbocycles. The number of anilines is 1. The average molecular weight is 461 g/mol. The zero-order valence-corrected chi connectivity index (χ0v) is 19.3. The molecule has 0 N–H and O–H groups in total. The number of amides is 1. The van der Waals surface area contributed by atoms with Gasteiger partial charge in [-0.05, 0) is 48.9 Å². The maximum absolute atomic E-state index is 13.2. The highest BCUT2D eigenvalue weighted by Gasteiger charge is 2.49. The fourth-order valence-electron chi connectivity index (χ4n) is 4.55. The van der Waals surface area contributed by atoms with Crippen molar-refractivity contribution in [1.29, 1.82) is 0 Å². The molecule has 0 bridgehead atoms. The highest BCUT2D eigenvalue weighted by atomic mass is 32.2. The lowest BCUT2D eigenvalue weighted by atomic mass is 10.0. The van der Waals surface area contributed by atoms with E-state index in [2.05, 4.69) is 0 Å². The molecule has 0 aliphatic carbocycles. The predicted octanol–water partition coefficient (Wildman–Crippen LogP) is 2.12. The largest absolute Gasteiger partial charge is 0.494 e. The molecule has 32 heavy (non-hydrogen) atoms. The Balaban J connectivity index is 1.61. The Labute approximate surface area is 188 Å². The van der Waals surface area contributed by atoms with Crippen LogP contribution in [0.4, 0.5) is 5.69 Å². The highest BCUT2D eigenvalue weighted by molar-refractivity contribution is 7.91. The smallest absolute Gasteiger partial charge is 0.241 e. The minimum Gasteiger partial charge on any atom is -0.494 e. The van der Waals surface area contributed by atoms with Gasteiger partial charge >= 0.3 is 0 Å². The Morgan fingerprint density at radius 2 is 1.66 bits per heavy atom. The lowest BCUT2D eigenvalue weighted by Crippen LogP contribution is -2.61. The van der Waals surface area contributed by atoms with Crippen molar-refractivity contribution in [2.45, 2.75) is 25.6 Å². The summed E-state index contributed by atoms with van der Waals surface area (Å²) in [5.41, 5.74) is 1.62. The van der Waals surface area contributed by atoms with E-state index in [0.29, 0.717) is 36.1 Å². The zero-order valence-electron chi connectivity index (χ0n) is 18.5. The van der Waals surface area contributed by atoms with Gasteiger partial charge in [0, 0.05) is 18.3 Å². The number of rotatable bonds is 7. The summed E-state index contributed by atoms with van der Waals surface area (Å²) in [6.07, 6.45) is 0. The van der Waals surface area contributed by atoms with Crippen LogP contribution in [0.3, 0.4) is 0 Å². The number of sulfone groups is 1. The monoisotopic (exact) mass is 460 g/mol. The van der Waals surface area contributed by atoms with Gasteiger partial charge in [0.1, 0.15) is 5.75 Å². The number of piperazine rings is 1. The molecule has 0 radical (unpaired) electrons. The van der Waals surface area contributed by atoms with Gasteiger partial charge in [-0.25, -0.2) is 8.42 Å². The molecule has 2 atom stereocenters. The Morgan fingerprint density at radius 3 is 2.31 bits per heavy atom. The average Bonchev–Trinajstić information content (AvgIpc) is 3.10. The number of ether oxygens (including phenoxy) is 3. The quantitative estimate of drug-likeness (QED) is 0.626. The van der Waals surface area contributed by atoms with Gasteiger partial charge in [0.2, 0.25) is 5.91 Å². The van der Waals surface area contributed by atoms with E-state index in [4.69, 9.17) is 14.2 Å². The Hall–Kier alpha value is -2.78. The number of benzene rings is 2. The van der Waals surface area contributed by atoms with Crippen molar-refractivity contribution >= 4 is 21.4 Å². The van der Waals surface area contributed by atoms with Crippen LogP contribution in [0, 0.1) is 0 Å². The first kappa shape index (κ1) is 22.4. The van der Waals surface area contributed by atoms with Crippen LogP contribution in [-0.2, 0) is 21.2 Å². The first-order chi connectivity index (χ1) is 15.3. The van der Waals surface area contributed by atoms with Crippen LogP contribution in [0.5, 0.6) is 17.2 Å². The number of hydrogen-bond acceptors (Lipinski definition) is 7. The molecule has 9 heteroatoms. The van der Waals surface area contributed by atoms with Gasteiger partial charge in [0.05, 0.1) is 44.9 Å². The third kappa shape index (κ3) is 4.40. The van der Waals surface area contributed by atoms with E-state index in [1.807, 2.05) is 42.2 Å². The van der Waals surface area contributed by atoms with Crippen LogP contribution in [0.1, 0.15) is 12.5 Å². The van der Waals surface area contributed by atoms with E-state index in [-0.39, 0.29) is 30.0 Å². The van der Waals surface area contributed by atoms with Crippen LogP contribution >= 0.6 is 0 Å². The van der Waals surface area contributed by atoms with Crippen molar-refractivity contribution < 1.29 is 27.4 Å². The fraction of sp³-hybridized carbons (Fsp3) is 0.435. The van der Waals surface area contributed by atoms with E-state index >= 15 is 0 Å². The minimum atomic E-state index is -3.26. The lowest BCUT2D eigenvalue weighted by molar-refractivity contribution is -0.123. The van der Waals surface area contributed by atoms with Gasteiger partial charge in [-0.2, -0.15) is 0 Å². The van der Waals surface area contributed by atoms with Crippen LogP contribution in [-0.4, -0.2) is 70.2 Å². The maximum Gasteiger partial charge on any atom is 0.241 e. The van der Waals surface area contributed by atoms with E-state index < -0.39 is 15.9 Å². The van der Waals surface area contributed by atoms with Crippen molar-refractivity contribution in [3.8, 4) is 17.2 Å². The molecule has 172 valence electrons. The minimum absolute atomic E-state index is 0.0335. The molecule has 0 unspecified atom stereocenters. The molecule has 2 heterocycles. The van der Waals surface area contributed by atoms with Crippen LogP contribution < -0.4 is 19.1 Å². The first-order valence-corrected chi connectivity index (χ1v) is 12.4. The van der Waals surface area contributed by atoms with Crippen molar-refractivity contribution in [2.24, 2.45) is 0 Å². The Kier molecular flexibility index (Phi) is 6.30. The molecule has 2 aliphatic rings. The summed E-state index contributed by atoms with van der Waals surface area (Å²) < 4.78 is 41.3. The van der Waals surface area contributed by atoms with Gasteiger partial charge < -0.3 is 19.1 Å². The number of carbonyl (C=O) groups is 1. The molecule has 2 fully saturated rings. The molecule has 2 aromatic rings. The SMILES string of the molecule is CCOc1ccc(N2C(=O)CN(Cc3ccc(OC)c(OC)c3)[C@H]3CS(=O)(=O)C[C@H]32)cc1. The summed E-state index contributed by atoms with van der Waals surface area (Å²) in [5, 5.41) is 0. The van der Waals surface area contributed by atoms with Gasteiger partial charge in [-0.15, -0.1) is 0 Å². The second kappa shape index (κ2) is 8.99. The van der Waals surface area contributed by atoms with Gasteiger partial charge in [0.15, 0.2) is 21.3 Å². The van der Waals surface area contributed by atoms with Crippen molar-refractivity contribution in [3.05, 3.63) is 48.0 Å². The lowest BCUT2D eigenvalue weighted by Gasteiger charge is -2.43. The summed E-state index contributed by atoms with van der Waals surface area (Å²) >= 11 is 0. The molecule has 0 saturated carbocycles. The topological polar surface area (TPSA) is 85.4 Å². The molecule has 2 saturated heterocycles. The van der Waals surface area contributed by atoms with Crippen LogP contribution in [0.2, 0.25) is 0 Å². The normalized spacial score (nSPS) is 22.5. The molecular weight excluding hydrogens is 432 g/mol. The van der Waals surface area contributed by atoms with Gasteiger partial charge in [-0.3, -0.25) is 9.69 Å². The molecular formula is C23H28N2O6S. The summed E-state index contributed by atoms with van der Waals surface area (Å²) in [5.74, 6) is 1.80. The van der Waals surface area contributed by atoms with Gasteiger partial charge in [-0.1, -0.05) is 6.07 Å². The van der Waals surface area contributed by atoms with E-state index in [9.17, 15) is 13.2 Å². The summed E-state index contributed by atoms with van der Waals surface area (Å²) in [6.45, 7) is 3.04. The molecule has 4 rings (SSSR count). The number of hydrogen-bond donors (Lipinski definition) is 0. The van der Waals surface area contributed by atoms with Crippen LogP contribution in [0.15, 0.2) is 42.5 Å². The standard InChI is InChI=1S/C23H28N2O6S/c1-4-31-18-8-6-17(7-9-18)25-20-15-32(27,28)14-19(20)24(13-23(25)26)12-16-5-10-21(29-2)22(11-16)30-3/h5-11,19-20H,4,12-15H2,1-3H3/t19-,20+/m0/s1. The second-order valence-corrected chi connectivity index (χ2v) is 10.2. The molecule has 1 amide bonds. The summed E-state index contributed by atoms with van der Waals surface area (Å²) in [7, 11) is -0.120. The predicted molar refractivity (Wildman–Crippen MR) is 121 cm³/mol. The summed E-state index contributed by atoms with van der Waals surface area (Å²) in [4.78, 5) is 16.8. The maximum atomic E-state index is 13.2. The van der Waals surface area contributed by atoms with Crippen molar-refractivity contribution in [1.82, 2.24) is 4.90 Å². The fourth-order valence-corrected chi connectivity index (χ4v) is 6.53. The molecule has 2 aliphatic heterocycles. The summed E-state index contributed by atoms with van der Waals surface area (Å²) in [6, 6.07) is 12.1. The zero-order chi connectivity index (χ0) is 22.9. The van der Waals surface area contributed by atoms with E-state index in [1.165, 1.54) is 0 Å². The third-order valence-electron chi connectivity index (χ3n) is 5.96. The number of fused-ring (bicyclic) bond motifs is 1.